The Morgan fingerprint density at radius 3 is 2.47 bits per heavy atom. The van der Waals surface area contributed by atoms with E-state index in [2.05, 4.69) is 12.2 Å². The second kappa shape index (κ2) is 17.7. The standard InChI is InChI=1S/C26H48NO8P/c1-21-14-11-9-7-5-3-2-4-6-8-10-12-15-22(28)20-24-26(34-24)23(16-13-17-25(29)33-21)35-36(30,31)32-19-18-27/h5,7,21-24,26,28H,2-4,6,8-20,27H2,1H3,(H,30,31)/b7-5-/t21-,22-,23-,24+,26+/m1/s1. The van der Waals surface area contributed by atoms with Crippen molar-refractivity contribution >= 4 is 13.8 Å². The predicted molar refractivity (Wildman–Crippen MR) is 138 cm³/mol. The van der Waals surface area contributed by atoms with Gasteiger partial charge in [-0.15, -0.1) is 0 Å². The van der Waals surface area contributed by atoms with Crippen LogP contribution >= 0.6 is 7.82 Å². The molecule has 9 nitrogen and oxygen atoms in total. The Labute approximate surface area is 216 Å². The molecule has 2 rings (SSSR count). The van der Waals surface area contributed by atoms with Gasteiger partial charge in [0, 0.05) is 19.4 Å². The molecule has 6 atom stereocenters. The molecule has 0 amide bonds. The van der Waals surface area contributed by atoms with E-state index >= 15 is 0 Å². The smallest absolute Gasteiger partial charge is 0.463 e. The third-order valence-corrected chi connectivity index (χ3v) is 7.69. The van der Waals surface area contributed by atoms with Crippen LogP contribution in [0.1, 0.15) is 103 Å². The van der Waals surface area contributed by atoms with Crippen LogP contribution in [0.25, 0.3) is 0 Å². The van der Waals surface area contributed by atoms with Gasteiger partial charge in [0.05, 0.1) is 31.0 Å². The van der Waals surface area contributed by atoms with E-state index in [1.807, 2.05) is 6.92 Å². The van der Waals surface area contributed by atoms with Gasteiger partial charge in [0.25, 0.3) is 0 Å². The molecule has 2 heterocycles. The molecular weight excluding hydrogens is 485 g/mol. The van der Waals surface area contributed by atoms with E-state index < -0.39 is 26.1 Å². The lowest BCUT2D eigenvalue weighted by atomic mass is 10.0. The van der Waals surface area contributed by atoms with Crippen LogP contribution in [-0.2, 0) is 27.9 Å². The first-order valence-corrected chi connectivity index (χ1v) is 15.3. The molecule has 0 aromatic rings. The minimum Gasteiger partial charge on any atom is -0.463 e. The Bertz CT molecular complexity index is 691. The monoisotopic (exact) mass is 533 g/mol. The van der Waals surface area contributed by atoms with Crippen molar-refractivity contribution in [2.45, 2.75) is 134 Å². The molecule has 1 unspecified atom stereocenters. The summed E-state index contributed by atoms with van der Waals surface area (Å²) in [4.78, 5) is 22.3. The fourth-order valence-corrected chi connectivity index (χ4v) is 5.57. The van der Waals surface area contributed by atoms with Gasteiger partial charge in [-0.2, -0.15) is 0 Å². The number of nitrogens with two attached hydrogens (primary N) is 1. The normalized spacial score (nSPS) is 33.3. The average Bonchev–Trinajstić information content (AvgIpc) is 3.58. The number of epoxide rings is 1. The summed E-state index contributed by atoms with van der Waals surface area (Å²) < 4.78 is 33.9. The van der Waals surface area contributed by atoms with E-state index in [0.29, 0.717) is 25.7 Å². The number of allylic oxidation sites excluding steroid dienone is 2. The number of hydrogen-bond donors (Lipinski definition) is 3. The van der Waals surface area contributed by atoms with Gasteiger partial charge in [-0.05, 0) is 58.3 Å². The van der Waals surface area contributed by atoms with E-state index in [1.165, 1.54) is 25.7 Å². The second-order valence-corrected chi connectivity index (χ2v) is 11.5. The largest absolute Gasteiger partial charge is 0.472 e. The van der Waals surface area contributed by atoms with Crippen molar-refractivity contribution < 1.29 is 37.9 Å². The lowest BCUT2D eigenvalue weighted by Crippen LogP contribution is -2.24. The highest BCUT2D eigenvalue weighted by molar-refractivity contribution is 7.47. The molecule has 0 spiro atoms. The lowest BCUT2D eigenvalue weighted by Gasteiger charge is -2.20. The highest BCUT2D eigenvalue weighted by atomic mass is 31.2. The summed E-state index contributed by atoms with van der Waals surface area (Å²) in [6.45, 7) is 1.89. The van der Waals surface area contributed by atoms with Crippen molar-refractivity contribution in [3.63, 3.8) is 0 Å². The molecule has 0 aromatic heterocycles. The third kappa shape index (κ3) is 14.2. The summed E-state index contributed by atoms with van der Waals surface area (Å²) in [6, 6.07) is 0. The van der Waals surface area contributed by atoms with E-state index in [1.54, 1.807) is 0 Å². The van der Waals surface area contributed by atoms with Gasteiger partial charge >= 0.3 is 13.8 Å². The summed E-state index contributed by atoms with van der Waals surface area (Å²) >= 11 is 0. The highest BCUT2D eigenvalue weighted by Gasteiger charge is 2.48. The molecule has 0 radical (unpaired) electrons. The minimum atomic E-state index is -4.31. The van der Waals surface area contributed by atoms with Crippen molar-refractivity contribution in [2.24, 2.45) is 5.73 Å². The number of phosphoric ester groups is 1. The van der Waals surface area contributed by atoms with Gasteiger partial charge in [-0.3, -0.25) is 13.8 Å². The number of aliphatic hydroxyl groups excluding tert-OH is 1. The van der Waals surface area contributed by atoms with E-state index in [9.17, 15) is 19.4 Å². The van der Waals surface area contributed by atoms with Gasteiger partial charge in [0.1, 0.15) is 6.10 Å². The molecule has 1 fully saturated rings. The van der Waals surface area contributed by atoms with Gasteiger partial charge in [-0.1, -0.05) is 44.3 Å². The number of fused-ring (bicyclic) bond motifs is 1. The fraction of sp³-hybridized carbons (Fsp3) is 0.885. The molecule has 0 aliphatic carbocycles. The van der Waals surface area contributed by atoms with Crippen molar-refractivity contribution in [1.29, 1.82) is 0 Å². The summed E-state index contributed by atoms with van der Waals surface area (Å²) in [6.07, 6.45) is 15.3. The summed E-state index contributed by atoms with van der Waals surface area (Å²) in [5, 5.41) is 10.4. The lowest BCUT2D eigenvalue weighted by molar-refractivity contribution is -0.148. The minimum absolute atomic E-state index is 0.0909. The maximum atomic E-state index is 12.3. The zero-order valence-electron chi connectivity index (χ0n) is 21.9. The van der Waals surface area contributed by atoms with E-state index in [0.717, 1.165) is 38.5 Å². The van der Waals surface area contributed by atoms with Crippen LogP contribution in [-0.4, -0.2) is 59.6 Å². The second-order valence-electron chi connectivity index (χ2n) is 10.1. The Morgan fingerprint density at radius 2 is 1.72 bits per heavy atom. The SMILES string of the molecule is C[C@@H]1CCC/C=C\CCCCCCCC[C@@H](O)C[C@@H]2O[C@H]2[C@H](OP(=O)(O)OCCN)CCCC(=O)O1. The van der Waals surface area contributed by atoms with Crippen molar-refractivity contribution in [3.8, 4) is 0 Å². The first-order valence-electron chi connectivity index (χ1n) is 13.8. The van der Waals surface area contributed by atoms with Gasteiger partial charge in [0.2, 0.25) is 0 Å². The number of aliphatic hydroxyl groups is 1. The number of phosphoric acid groups is 1. The first-order chi connectivity index (χ1) is 17.3. The zero-order chi connectivity index (χ0) is 26.2. The van der Waals surface area contributed by atoms with Crippen LogP contribution < -0.4 is 5.73 Å². The molecule has 36 heavy (non-hydrogen) atoms. The third-order valence-electron chi connectivity index (χ3n) is 6.64. The number of carbonyl (C=O) groups is 1. The summed E-state index contributed by atoms with van der Waals surface area (Å²) in [5.74, 6) is -0.290. The number of esters is 1. The maximum Gasteiger partial charge on any atom is 0.472 e. The topological polar surface area (TPSA) is 141 Å². The molecule has 0 bridgehead atoms. The van der Waals surface area contributed by atoms with Gasteiger partial charge in [0.15, 0.2) is 0 Å². The van der Waals surface area contributed by atoms with Gasteiger partial charge in [-0.25, -0.2) is 4.57 Å². The highest BCUT2D eigenvalue weighted by Crippen LogP contribution is 2.48. The molecule has 0 aromatic carbocycles. The van der Waals surface area contributed by atoms with Gasteiger partial charge < -0.3 is 25.2 Å². The molecule has 1 saturated heterocycles. The summed E-state index contributed by atoms with van der Waals surface area (Å²) in [7, 11) is -4.31. The zero-order valence-corrected chi connectivity index (χ0v) is 22.8. The Hall–Kier alpha value is -0.800. The quantitative estimate of drug-likeness (QED) is 0.194. The number of carbonyl (C=O) groups excluding carboxylic acids is 1. The molecule has 210 valence electrons. The van der Waals surface area contributed by atoms with Crippen LogP contribution in [0.3, 0.4) is 0 Å². The maximum absolute atomic E-state index is 12.3. The first kappa shape index (κ1) is 31.4. The molecular formula is C26H48NO8P. The number of cyclic esters (lactones) is 1. The van der Waals surface area contributed by atoms with Crippen LogP contribution in [0.5, 0.6) is 0 Å². The Balaban J connectivity index is 1.91. The Kier molecular flexibility index (Phi) is 15.4. The molecule has 2 aliphatic heterocycles. The number of rotatable bonds is 5. The number of hydrogen-bond acceptors (Lipinski definition) is 8. The van der Waals surface area contributed by atoms with Crippen molar-refractivity contribution in [3.05, 3.63) is 12.2 Å². The van der Waals surface area contributed by atoms with E-state index in [-0.39, 0.29) is 37.7 Å². The fourth-order valence-electron chi connectivity index (χ4n) is 4.60. The summed E-state index contributed by atoms with van der Waals surface area (Å²) in [5.41, 5.74) is 5.36. The van der Waals surface area contributed by atoms with Crippen LogP contribution in [0.2, 0.25) is 0 Å². The molecule has 10 heteroatoms. The average molecular weight is 534 g/mol. The number of ether oxygens (including phenoxy) is 2. The Morgan fingerprint density at radius 1 is 1.03 bits per heavy atom. The van der Waals surface area contributed by atoms with Crippen LogP contribution in [0.15, 0.2) is 12.2 Å². The van der Waals surface area contributed by atoms with Crippen molar-refractivity contribution in [2.75, 3.05) is 13.2 Å². The molecule has 4 N–H and O–H groups in total. The van der Waals surface area contributed by atoms with Crippen LogP contribution in [0, 0.1) is 0 Å². The van der Waals surface area contributed by atoms with Crippen LogP contribution in [0.4, 0.5) is 0 Å². The molecule has 2 aliphatic rings. The predicted octanol–water partition coefficient (Wildman–Crippen LogP) is 4.93. The molecule has 0 saturated carbocycles. The van der Waals surface area contributed by atoms with Crippen molar-refractivity contribution in [1.82, 2.24) is 0 Å². The van der Waals surface area contributed by atoms with E-state index in [4.69, 9.17) is 24.3 Å².